The van der Waals surface area contributed by atoms with Crippen LogP contribution in [0.3, 0.4) is 0 Å². The summed E-state index contributed by atoms with van der Waals surface area (Å²) in [7, 11) is 4.04. The van der Waals surface area contributed by atoms with E-state index in [0.29, 0.717) is 5.56 Å². The molecule has 125 heavy (non-hydrogen) atoms. The Labute approximate surface area is 723 Å². The van der Waals surface area contributed by atoms with Crippen molar-refractivity contribution in [3.63, 3.8) is 0 Å². The van der Waals surface area contributed by atoms with E-state index in [4.69, 9.17) is 95.6 Å². The molecular formula is C72H64BCl3F9LiN24O15. The van der Waals surface area contributed by atoms with Crippen LogP contribution in [-0.2, 0) is 66.3 Å². The third-order valence-electron chi connectivity index (χ3n) is 16.7. The molecule has 0 atom stereocenters. The Morgan fingerprint density at radius 1 is 0.480 bits per heavy atom. The number of oxazole rings is 4. The summed E-state index contributed by atoms with van der Waals surface area (Å²) in [5, 5.41) is 13.0. The van der Waals surface area contributed by atoms with Gasteiger partial charge in [-0.3, -0.25) is 34.1 Å². The van der Waals surface area contributed by atoms with Crippen molar-refractivity contribution < 1.29 is 120 Å². The maximum Gasteiger partial charge on any atom is 1.00 e. The van der Waals surface area contributed by atoms with Crippen LogP contribution >= 0.6 is 34.8 Å². The van der Waals surface area contributed by atoms with Crippen molar-refractivity contribution in [3.8, 4) is 57.6 Å². The molecule has 0 bridgehead atoms. The second-order valence-corrected chi connectivity index (χ2v) is 26.6. The minimum atomic E-state index is -4.64. The zero-order valence-corrected chi connectivity index (χ0v) is 68.0. The zero-order chi connectivity index (χ0) is 90.2. The fourth-order valence-electron chi connectivity index (χ4n) is 10.1. The molecule has 650 valence electrons. The van der Waals surface area contributed by atoms with Crippen LogP contribution in [0.4, 0.5) is 62.8 Å². The first-order valence-electron chi connectivity index (χ1n) is 34.5. The van der Waals surface area contributed by atoms with E-state index in [1.165, 1.54) is 122 Å². The molecule has 1 aliphatic rings. The van der Waals surface area contributed by atoms with Gasteiger partial charge in [0, 0.05) is 69.3 Å². The second kappa shape index (κ2) is 41.9. The van der Waals surface area contributed by atoms with Gasteiger partial charge in [0.25, 0.3) is 11.8 Å². The van der Waals surface area contributed by atoms with E-state index in [1.54, 1.807) is 19.3 Å². The average molecular weight is 1800 g/mol. The van der Waals surface area contributed by atoms with Crippen LogP contribution in [0.25, 0.3) is 57.6 Å². The van der Waals surface area contributed by atoms with Crippen LogP contribution in [0.5, 0.6) is 0 Å². The molecule has 2 amide bonds. The molecule has 13 aromatic rings. The number of pyridine rings is 5. The monoisotopic (exact) mass is 1800 g/mol. The molecule has 13 aromatic heterocycles. The number of ether oxygens (including phenoxy) is 1. The number of carboxylic acids is 1. The first-order valence-corrected chi connectivity index (χ1v) is 35.6. The number of esters is 1. The number of carboxylic acid groups (broad SMARTS) is 1. The van der Waals surface area contributed by atoms with Gasteiger partial charge < -0.3 is 90.7 Å². The number of nitrogen functional groups attached to an aromatic ring is 4. The maximum atomic E-state index is 13.2. The number of aryl methyl sites for hydroxylation is 2. The van der Waals surface area contributed by atoms with Crippen molar-refractivity contribution in [2.45, 2.75) is 77.1 Å². The number of carbonyl (C=O) groups is 4. The normalized spacial score (nSPS) is 12.4. The molecule has 14 N–H and O–H groups in total. The number of nitrogens with one attached hydrogen (secondary N) is 2. The topological polar surface area (TPSA) is 590 Å². The Hall–Kier alpha value is -13.7. The summed E-state index contributed by atoms with van der Waals surface area (Å²) >= 11 is 17.6. The van der Waals surface area contributed by atoms with Gasteiger partial charge in [-0.25, -0.2) is 69.4 Å². The molecule has 0 unspecified atom stereocenters. The number of methoxy groups -OCH3 is 1. The number of nitrogens with zero attached hydrogens (tertiary/aromatic N) is 17. The average Bonchev–Trinajstić information content (AvgIpc) is 1.69. The number of nitrogens with two attached hydrogens (primary N) is 5. The summed E-state index contributed by atoms with van der Waals surface area (Å²) in [6.07, 6.45) is 4.14. The predicted octanol–water partition coefficient (Wildman–Crippen LogP) is 6.42. The van der Waals surface area contributed by atoms with E-state index in [0.717, 1.165) is 35.8 Å². The molecule has 1 aliphatic heterocycles. The van der Waals surface area contributed by atoms with Gasteiger partial charge in [0.15, 0.2) is 84.3 Å². The quantitative estimate of drug-likeness (QED) is 0.0311. The molecule has 0 aliphatic carbocycles. The summed E-state index contributed by atoms with van der Waals surface area (Å²) in [5.41, 5.74) is 23.8. The van der Waals surface area contributed by atoms with Gasteiger partial charge in [-0.05, 0) is 75.6 Å². The number of rotatable bonds is 15. The van der Waals surface area contributed by atoms with E-state index in [9.17, 15) is 68.3 Å². The van der Waals surface area contributed by atoms with E-state index in [2.05, 4.69) is 90.1 Å². The maximum absolute atomic E-state index is 13.2. The number of hydrogen-bond acceptors (Lipinski definition) is 34. The summed E-state index contributed by atoms with van der Waals surface area (Å²) in [5.74, 6) is -4.26. The van der Waals surface area contributed by atoms with E-state index in [1.807, 2.05) is 27.7 Å². The van der Waals surface area contributed by atoms with Crippen LogP contribution in [-0.4, -0.2) is 144 Å². The molecule has 1 fully saturated rings. The predicted molar refractivity (Wildman–Crippen MR) is 419 cm³/mol. The second-order valence-electron chi connectivity index (χ2n) is 25.5. The van der Waals surface area contributed by atoms with Crippen LogP contribution in [0.1, 0.15) is 103 Å². The van der Waals surface area contributed by atoms with Crippen molar-refractivity contribution in [2.24, 2.45) is 19.8 Å². The first-order chi connectivity index (χ1) is 57.9. The summed E-state index contributed by atoms with van der Waals surface area (Å²) in [6.45, 7) is 6.82. The van der Waals surface area contributed by atoms with Gasteiger partial charge in [-0.1, -0.05) is 40.9 Å². The minimum Gasteiger partial charge on any atom is -0.870 e. The van der Waals surface area contributed by atoms with Crippen molar-refractivity contribution in [1.82, 2.24) is 94.5 Å². The van der Waals surface area contributed by atoms with Crippen LogP contribution in [0, 0.1) is 0 Å². The van der Waals surface area contributed by atoms with E-state index < -0.39 is 84.9 Å². The summed E-state index contributed by atoms with van der Waals surface area (Å²) in [6, 6.07) is 12.3. The van der Waals surface area contributed by atoms with E-state index >= 15 is 0 Å². The molecule has 0 aromatic carbocycles. The van der Waals surface area contributed by atoms with Crippen molar-refractivity contribution in [1.29, 1.82) is 0 Å². The van der Waals surface area contributed by atoms with Gasteiger partial charge in [0.1, 0.15) is 30.7 Å². The Bertz CT molecular complexity index is 6050. The zero-order valence-electron chi connectivity index (χ0n) is 65.7. The summed E-state index contributed by atoms with van der Waals surface area (Å²) < 4.78 is 154. The number of hydrogen-bond donors (Lipinski definition) is 8. The number of aromatic carboxylic acids is 1. The molecule has 1 saturated heterocycles. The molecule has 39 nitrogen and oxygen atoms in total. The van der Waals surface area contributed by atoms with Gasteiger partial charge in [-0.15, -0.1) is 0 Å². The molecule has 0 saturated carbocycles. The Morgan fingerprint density at radius 3 is 1.18 bits per heavy atom. The Balaban J connectivity index is 0.000000213. The van der Waals surface area contributed by atoms with Crippen molar-refractivity contribution >= 4 is 94.4 Å². The van der Waals surface area contributed by atoms with Gasteiger partial charge in [-0.2, -0.15) is 39.5 Å². The number of amides is 2. The molecule has 53 heteroatoms. The van der Waals surface area contributed by atoms with E-state index in [-0.39, 0.29) is 178 Å². The standard InChI is InChI=1S/C21H16F3N7O3.C15H10ClF3N6O2.C12H18BNO3.C9H7ClN4O3.C8H5ClN4O3.C7H7F3N2.Li.H2O/c1-31-10-11(4-5-14(31)32)15-16(20-27-7-8-34-20)30-18(25)17(29-15)19(33)28-9-13-12(21(22,23)24)3-2-6-26-13;16-11-9(14-22-4-5-27-14)25-12(20)10(24-11)13(26)23-6-8-7(15(17,18)19)2-1-3-21-8;1-11(2)12(3,4)17-13(16-11)9-6-7-10(15)14(5)8-9;1-16-9(15)5-7(11)14-4(6(10)13-5)8-12-2-3-17-8;9-5-3(7-11-1-2-16-7)13-6(10)4(12-5)8(14)15;8-7(9,10)5-2-1-3-12-6(5)4-11;;/h2-8,10H,9H2,1H3,(H2,25,30)(H,28,33);1-5H,6H2,(H2,20,25)(H,23,26);6-8H,1-5H3;2-3H,1H3,(H2,11,14);1-2H,(H2,10,13)(H,14,15);1-3H,4,11H2;;1H2/q;;;;;;+1;/p-1. The van der Waals surface area contributed by atoms with Gasteiger partial charge in [0.05, 0.1) is 90.0 Å². The minimum absolute atomic E-state index is 0. The van der Waals surface area contributed by atoms with Gasteiger partial charge >= 0.3 is 56.4 Å². The van der Waals surface area contributed by atoms with Crippen molar-refractivity contribution in [2.75, 3.05) is 30.0 Å². The number of anilines is 4. The third kappa shape index (κ3) is 24.8. The SMILES string of the molecule is COC(=O)c1nc(Cl)c(-c2ncco2)nc1N.Cn1cc(-c2nc(C(=O)NCc3ncccc3C(F)(F)F)c(N)nc2-c2ncco2)ccc1=O.Cn1cc(B2OC(C)(C)C(C)(C)O2)ccc1=O.NCc1ncccc1C(F)(F)F.Nc1nc(-c2ncco2)c(Cl)nc1C(=O)NCc1ncccc1C(F)(F)F.Nc1nc(-c2ncco2)c(Cl)nc1C(=O)O.[Li+].[OH-]. The smallest absolute Gasteiger partial charge is 0.870 e. The van der Waals surface area contributed by atoms with Gasteiger partial charge in [0.2, 0.25) is 34.7 Å². The number of carbonyl (C=O) groups excluding carboxylic acids is 3. The number of halogens is 12. The fourth-order valence-corrected chi connectivity index (χ4v) is 10.7. The molecular weight excluding hydrogens is 1740 g/mol. The Kier molecular flexibility index (Phi) is 33.0. The first kappa shape index (κ1) is 98.4. The third-order valence-corrected chi connectivity index (χ3v) is 17.5. The number of alkyl halides is 9. The molecule has 0 radical (unpaired) electrons. The molecule has 14 heterocycles. The Morgan fingerprint density at radius 2 is 0.824 bits per heavy atom. The van der Waals surface area contributed by atoms with Crippen LogP contribution in [0.2, 0.25) is 15.5 Å². The van der Waals surface area contributed by atoms with Crippen molar-refractivity contribution in [3.05, 3.63) is 234 Å². The largest absolute Gasteiger partial charge is 1.00 e. The van der Waals surface area contributed by atoms with Crippen LogP contribution in [0.15, 0.2) is 169 Å². The molecule has 0 spiro atoms. The van der Waals surface area contributed by atoms with Crippen LogP contribution < -0.4 is 74.7 Å². The molecule has 14 rings (SSSR count). The summed E-state index contributed by atoms with van der Waals surface area (Å²) in [4.78, 5) is 128. The fraction of sp³-hybridized carbons (Fsp3) is 0.208. The number of aromatic nitrogens is 17.